The van der Waals surface area contributed by atoms with Crippen LogP contribution in [0.5, 0.6) is 5.75 Å². The quantitative estimate of drug-likeness (QED) is 0.0619. The summed E-state index contributed by atoms with van der Waals surface area (Å²) < 4.78 is 24.4. The van der Waals surface area contributed by atoms with Crippen LogP contribution in [-0.2, 0) is 19.0 Å². The highest BCUT2D eigenvalue weighted by molar-refractivity contribution is 14.1. The third kappa shape index (κ3) is 6.27. The number of hydrogen-bond donors (Lipinski definition) is 0. The van der Waals surface area contributed by atoms with Gasteiger partial charge in [-0.1, -0.05) is 46.9 Å². The maximum Gasteiger partial charge on any atom is 0.318 e. The van der Waals surface area contributed by atoms with Gasteiger partial charge in [0.25, 0.3) is 0 Å². The zero-order valence-corrected chi connectivity index (χ0v) is 22.0. The lowest BCUT2D eigenvalue weighted by Gasteiger charge is -2.08. The summed E-state index contributed by atoms with van der Waals surface area (Å²) in [6.45, 7) is 4.32. The van der Waals surface area contributed by atoms with Crippen LogP contribution in [0.2, 0.25) is 0 Å². The fraction of sp³-hybridized carbons (Fsp3) is 0.296. The molecule has 4 aromatic rings. The van der Waals surface area contributed by atoms with Crippen molar-refractivity contribution in [2.75, 3.05) is 39.6 Å². The number of rotatable bonds is 12. The molecule has 34 heavy (non-hydrogen) atoms. The van der Waals surface area contributed by atoms with Crippen LogP contribution < -0.4 is 4.74 Å². The summed E-state index contributed by atoms with van der Waals surface area (Å²) in [5, 5.41) is 2.67. The molecule has 0 saturated carbocycles. The molecule has 0 aliphatic rings. The molecule has 1 atom stereocenters. The normalized spacial score (nSPS) is 12.2. The Morgan fingerprint density at radius 2 is 1.29 bits per heavy atom. The van der Waals surface area contributed by atoms with Crippen LogP contribution in [0, 0.1) is 0 Å². The largest absolute Gasteiger partial charge is 0.491 e. The molecule has 0 bridgehead atoms. The van der Waals surface area contributed by atoms with Crippen LogP contribution >= 0.6 is 33.1 Å². The zero-order valence-electron chi connectivity index (χ0n) is 19.1. The van der Waals surface area contributed by atoms with E-state index in [1.807, 2.05) is 34.7 Å². The first-order valence-electron chi connectivity index (χ1n) is 11.3. The number of hydrogen-bond acceptors (Lipinski definition) is 5. The van der Waals surface area contributed by atoms with Gasteiger partial charge in [0.05, 0.1) is 26.4 Å². The molecule has 0 N–H and O–H groups in total. The van der Waals surface area contributed by atoms with Crippen molar-refractivity contribution in [1.82, 2.24) is 0 Å². The van der Waals surface area contributed by atoms with Crippen molar-refractivity contribution in [2.24, 2.45) is 0 Å². The van der Waals surface area contributed by atoms with Crippen molar-refractivity contribution in [3.63, 3.8) is 0 Å². The van der Waals surface area contributed by atoms with E-state index in [1.165, 1.54) is 25.1 Å². The van der Waals surface area contributed by atoms with Crippen molar-refractivity contribution in [2.45, 2.75) is 10.8 Å². The van der Waals surface area contributed by atoms with Crippen LogP contribution in [0.25, 0.3) is 25.1 Å². The Bertz CT molecular complexity index is 1170. The summed E-state index contributed by atoms with van der Waals surface area (Å²) in [6, 6.07) is 25.8. The SMILES string of the molecule is CC(I)C(=O)OCCOCCOCCOc1ccc(-[s+]2c3ccccc3c3ccccc32)cc1. The van der Waals surface area contributed by atoms with Crippen LogP contribution in [0.1, 0.15) is 6.92 Å². The van der Waals surface area contributed by atoms with E-state index in [4.69, 9.17) is 18.9 Å². The first kappa shape index (κ1) is 24.9. The minimum Gasteiger partial charge on any atom is -0.491 e. The summed E-state index contributed by atoms with van der Waals surface area (Å²) in [7, 11) is -0.0900. The summed E-state index contributed by atoms with van der Waals surface area (Å²) in [4.78, 5) is 12.6. The molecule has 0 aliphatic heterocycles. The Balaban J connectivity index is 1.22. The molecule has 0 aliphatic carbocycles. The second-order valence-electron chi connectivity index (χ2n) is 7.63. The minimum atomic E-state index is -0.219. The summed E-state index contributed by atoms with van der Waals surface area (Å²) in [5.41, 5.74) is 0. The molecule has 5 nitrogen and oxygen atoms in total. The fourth-order valence-electron chi connectivity index (χ4n) is 3.64. The van der Waals surface area contributed by atoms with E-state index in [0.717, 1.165) is 5.75 Å². The van der Waals surface area contributed by atoms with Gasteiger partial charge in [-0.05, 0) is 43.3 Å². The number of esters is 1. The lowest BCUT2D eigenvalue weighted by Crippen LogP contribution is -2.18. The zero-order chi connectivity index (χ0) is 23.8. The van der Waals surface area contributed by atoms with Crippen LogP contribution in [0.3, 0.4) is 0 Å². The standard InChI is InChI=1S/C27H28IO5S/c1-20(28)27(29)33-19-17-31-15-14-30-16-18-32-21-10-12-22(13-11-21)34-25-8-4-2-6-23(25)24-7-3-5-9-26(24)34/h2-13,20H,14-19H2,1H3/q+1. The summed E-state index contributed by atoms with van der Waals surface area (Å²) in [6.07, 6.45) is 0. The summed E-state index contributed by atoms with van der Waals surface area (Å²) in [5.74, 6) is 0.614. The van der Waals surface area contributed by atoms with Crippen molar-refractivity contribution >= 4 is 59.2 Å². The van der Waals surface area contributed by atoms with Gasteiger partial charge in [0, 0.05) is 33.4 Å². The van der Waals surface area contributed by atoms with Gasteiger partial charge < -0.3 is 18.9 Å². The number of halogens is 1. The first-order valence-corrected chi connectivity index (χ1v) is 13.7. The van der Waals surface area contributed by atoms with Crippen molar-refractivity contribution in [3.05, 3.63) is 72.8 Å². The Morgan fingerprint density at radius 1 is 0.765 bits per heavy atom. The maximum absolute atomic E-state index is 11.3. The van der Waals surface area contributed by atoms with Crippen LogP contribution in [0.4, 0.5) is 0 Å². The molecule has 0 fully saturated rings. The predicted molar refractivity (Wildman–Crippen MR) is 147 cm³/mol. The average Bonchev–Trinajstić information content (AvgIpc) is 3.20. The molecule has 1 aromatic heterocycles. The highest BCUT2D eigenvalue weighted by atomic mass is 127. The molecular weight excluding hydrogens is 563 g/mol. The number of alkyl halides is 1. The van der Waals surface area contributed by atoms with Gasteiger partial charge in [0.1, 0.15) is 22.9 Å². The van der Waals surface area contributed by atoms with Crippen LogP contribution in [-0.4, -0.2) is 49.5 Å². The molecule has 1 heterocycles. The van der Waals surface area contributed by atoms with Gasteiger partial charge in [-0.2, -0.15) is 0 Å². The summed E-state index contributed by atoms with van der Waals surface area (Å²) >= 11 is 2.02. The van der Waals surface area contributed by atoms with E-state index in [1.54, 1.807) is 6.92 Å². The molecule has 0 radical (unpaired) electrons. The third-order valence-electron chi connectivity index (χ3n) is 5.23. The van der Waals surface area contributed by atoms with Gasteiger partial charge in [-0.3, -0.25) is 4.79 Å². The van der Waals surface area contributed by atoms with Crippen molar-refractivity contribution in [1.29, 1.82) is 0 Å². The monoisotopic (exact) mass is 591 g/mol. The molecule has 0 saturated heterocycles. The maximum atomic E-state index is 11.3. The van der Waals surface area contributed by atoms with E-state index in [-0.39, 0.29) is 27.0 Å². The fourth-order valence-corrected chi connectivity index (χ4v) is 6.19. The van der Waals surface area contributed by atoms with Gasteiger partial charge >= 0.3 is 5.97 Å². The third-order valence-corrected chi connectivity index (χ3v) is 8.07. The molecule has 4 rings (SSSR count). The smallest absolute Gasteiger partial charge is 0.318 e. The van der Waals surface area contributed by atoms with Gasteiger partial charge in [-0.15, -0.1) is 0 Å². The van der Waals surface area contributed by atoms with Gasteiger partial charge in [0.2, 0.25) is 0 Å². The Hall–Kier alpha value is -2.20. The van der Waals surface area contributed by atoms with E-state index in [9.17, 15) is 4.79 Å². The number of fused-ring (bicyclic) bond motifs is 3. The first-order chi connectivity index (χ1) is 16.6. The lowest BCUT2D eigenvalue weighted by atomic mass is 10.2. The Labute approximate surface area is 216 Å². The Morgan fingerprint density at radius 3 is 1.88 bits per heavy atom. The second-order valence-corrected chi connectivity index (χ2v) is 11.5. The van der Waals surface area contributed by atoms with Crippen LogP contribution in [0.15, 0.2) is 72.8 Å². The minimum absolute atomic E-state index is 0.0900. The number of carbonyl (C=O) groups excluding carboxylic acids is 1. The van der Waals surface area contributed by atoms with E-state index < -0.39 is 0 Å². The second kappa shape index (κ2) is 12.5. The number of benzene rings is 3. The molecule has 1 unspecified atom stereocenters. The highest BCUT2D eigenvalue weighted by Gasteiger charge is 2.22. The lowest BCUT2D eigenvalue weighted by molar-refractivity contribution is -0.143. The number of ether oxygens (including phenoxy) is 4. The van der Waals surface area contributed by atoms with E-state index >= 15 is 0 Å². The van der Waals surface area contributed by atoms with Crippen molar-refractivity contribution in [3.8, 4) is 10.6 Å². The van der Waals surface area contributed by atoms with Gasteiger partial charge in [0.15, 0.2) is 14.3 Å². The molecule has 7 heteroatoms. The number of carbonyl (C=O) groups is 1. The average molecular weight is 591 g/mol. The van der Waals surface area contributed by atoms with Crippen molar-refractivity contribution < 1.29 is 23.7 Å². The highest BCUT2D eigenvalue weighted by Crippen LogP contribution is 2.48. The molecule has 178 valence electrons. The van der Waals surface area contributed by atoms with E-state index in [0.29, 0.717) is 33.0 Å². The molecule has 0 amide bonds. The Kier molecular flexibility index (Phi) is 9.15. The predicted octanol–water partition coefficient (Wildman–Crippen LogP) is 6.51. The molecule has 0 spiro atoms. The topological polar surface area (TPSA) is 54.0 Å². The number of thiophene rings is 1. The van der Waals surface area contributed by atoms with E-state index in [2.05, 4.69) is 60.7 Å². The van der Waals surface area contributed by atoms with Gasteiger partial charge in [-0.25, -0.2) is 0 Å². The molecular formula is C27H28IO5S+. The molecule has 3 aromatic carbocycles.